The third-order valence-electron chi connectivity index (χ3n) is 3.73. The summed E-state index contributed by atoms with van der Waals surface area (Å²) in [6, 6.07) is 1.87. The molecule has 0 unspecified atom stereocenters. The molecule has 24 heavy (non-hydrogen) atoms. The maximum atomic E-state index is 12.7. The van der Waals surface area contributed by atoms with Crippen LogP contribution in [-0.4, -0.2) is 37.8 Å². The van der Waals surface area contributed by atoms with Crippen LogP contribution < -0.4 is 0 Å². The number of amides is 1. The molecule has 0 N–H and O–H groups in total. The molecule has 0 aliphatic heterocycles. The normalized spacial score (nSPS) is 11.5. The van der Waals surface area contributed by atoms with Crippen LogP contribution in [0.1, 0.15) is 68.4 Å². The van der Waals surface area contributed by atoms with Crippen molar-refractivity contribution in [1.29, 1.82) is 0 Å². The molecule has 0 fully saturated rings. The zero-order valence-electron chi connectivity index (χ0n) is 15.4. The van der Waals surface area contributed by atoms with Crippen molar-refractivity contribution < 1.29 is 9.32 Å². The minimum atomic E-state index is -0.0912. The Bertz CT molecular complexity index is 687. The van der Waals surface area contributed by atoms with Crippen molar-refractivity contribution in [3.8, 4) is 0 Å². The Kier molecular flexibility index (Phi) is 5.75. The summed E-state index contributed by atoms with van der Waals surface area (Å²) in [6.07, 6.45) is 0.741. The van der Waals surface area contributed by atoms with Gasteiger partial charge in [0.1, 0.15) is 5.69 Å². The van der Waals surface area contributed by atoms with Crippen LogP contribution in [0.3, 0.4) is 0 Å². The molecule has 0 atom stereocenters. The van der Waals surface area contributed by atoms with E-state index < -0.39 is 0 Å². The molecule has 2 heterocycles. The maximum Gasteiger partial charge on any atom is 0.272 e. The van der Waals surface area contributed by atoms with E-state index in [-0.39, 0.29) is 11.8 Å². The first-order valence-electron chi connectivity index (χ1n) is 8.46. The van der Waals surface area contributed by atoms with Crippen molar-refractivity contribution in [2.75, 3.05) is 7.05 Å². The van der Waals surface area contributed by atoms with Gasteiger partial charge >= 0.3 is 0 Å². The Morgan fingerprint density at radius 2 is 2.04 bits per heavy atom. The molecule has 0 aliphatic carbocycles. The van der Waals surface area contributed by atoms with Gasteiger partial charge in [-0.1, -0.05) is 32.9 Å². The highest BCUT2D eigenvalue weighted by Gasteiger charge is 2.21. The van der Waals surface area contributed by atoms with Gasteiger partial charge in [0, 0.05) is 20.0 Å². The van der Waals surface area contributed by atoms with Crippen LogP contribution in [0.4, 0.5) is 0 Å². The summed E-state index contributed by atoms with van der Waals surface area (Å²) >= 11 is 0. The quantitative estimate of drug-likeness (QED) is 0.778. The second kappa shape index (κ2) is 7.59. The van der Waals surface area contributed by atoms with Crippen LogP contribution in [0.5, 0.6) is 0 Å². The molecule has 0 saturated carbocycles. The van der Waals surface area contributed by atoms with E-state index in [4.69, 9.17) is 4.52 Å². The average Bonchev–Trinajstić information content (AvgIpc) is 3.12. The largest absolute Gasteiger partial charge is 0.339 e. The summed E-state index contributed by atoms with van der Waals surface area (Å²) in [5.74, 6) is 1.78. The third kappa shape index (κ3) is 4.21. The summed E-state index contributed by atoms with van der Waals surface area (Å²) in [6.45, 7) is 11.3. The number of hydrogen-bond acceptors (Lipinski definition) is 5. The lowest BCUT2D eigenvalue weighted by atomic mass is 10.1. The van der Waals surface area contributed by atoms with E-state index in [1.807, 2.05) is 13.0 Å². The molecule has 7 heteroatoms. The highest BCUT2D eigenvalue weighted by molar-refractivity contribution is 5.92. The predicted molar refractivity (Wildman–Crippen MR) is 90.6 cm³/mol. The van der Waals surface area contributed by atoms with Crippen LogP contribution in [0.2, 0.25) is 0 Å². The highest BCUT2D eigenvalue weighted by Crippen LogP contribution is 2.16. The lowest BCUT2D eigenvalue weighted by Crippen LogP contribution is -2.28. The zero-order valence-corrected chi connectivity index (χ0v) is 15.4. The van der Waals surface area contributed by atoms with Gasteiger partial charge in [-0.3, -0.25) is 9.48 Å². The maximum absolute atomic E-state index is 12.7. The minimum Gasteiger partial charge on any atom is -0.339 e. The van der Waals surface area contributed by atoms with Gasteiger partial charge in [0.25, 0.3) is 5.91 Å². The fourth-order valence-corrected chi connectivity index (χ4v) is 2.40. The molecular formula is C17H27N5O2. The van der Waals surface area contributed by atoms with Crippen LogP contribution in [0, 0.1) is 5.92 Å². The number of aryl methyl sites for hydroxylation is 1. The number of hydrogen-bond donors (Lipinski definition) is 0. The molecule has 2 aromatic rings. The van der Waals surface area contributed by atoms with Gasteiger partial charge in [-0.25, -0.2) is 0 Å². The highest BCUT2D eigenvalue weighted by atomic mass is 16.5. The van der Waals surface area contributed by atoms with Gasteiger partial charge in [-0.2, -0.15) is 10.1 Å². The van der Waals surface area contributed by atoms with E-state index in [1.165, 1.54) is 0 Å². The van der Waals surface area contributed by atoms with E-state index in [0.29, 0.717) is 36.4 Å². The Labute approximate surface area is 143 Å². The van der Waals surface area contributed by atoms with E-state index in [9.17, 15) is 4.79 Å². The molecule has 132 valence electrons. The van der Waals surface area contributed by atoms with Crippen molar-refractivity contribution in [2.45, 2.75) is 60.0 Å². The third-order valence-corrected chi connectivity index (χ3v) is 3.73. The Morgan fingerprint density at radius 1 is 1.33 bits per heavy atom. The first-order chi connectivity index (χ1) is 11.3. The molecule has 2 rings (SSSR count). The summed E-state index contributed by atoms with van der Waals surface area (Å²) in [4.78, 5) is 18.7. The van der Waals surface area contributed by atoms with Gasteiger partial charge in [0.2, 0.25) is 5.89 Å². The van der Waals surface area contributed by atoms with Gasteiger partial charge < -0.3 is 9.42 Å². The van der Waals surface area contributed by atoms with Gasteiger partial charge in [-0.05, 0) is 24.8 Å². The lowest BCUT2D eigenvalue weighted by Gasteiger charge is -2.15. The lowest BCUT2D eigenvalue weighted by molar-refractivity contribution is 0.0768. The predicted octanol–water partition coefficient (Wildman–Crippen LogP) is 2.88. The Hall–Kier alpha value is -2.18. The minimum absolute atomic E-state index is 0.0912. The second-order valence-electron chi connectivity index (χ2n) is 6.79. The van der Waals surface area contributed by atoms with Crippen LogP contribution in [0.15, 0.2) is 10.6 Å². The van der Waals surface area contributed by atoms with E-state index in [0.717, 1.165) is 12.1 Å². The zero-order chi connectivity index (χ0) is 17.9. The molecule has 1 amide bonds. The second-order valence-corrected chi connectivity index (χ2v) is 6.79. The number of carbonyl (C=O) groups is 1. The standard InChI is InChI=1S/C17H27N5O2/c1-7-22-14(9-13(19-22)12(4)5)17(23)21(6)10-15-18-16(24-20-15)8-11(2)3/h9,11-12H,7-8,10H2,1-6H3. The van der Waals surface area contributed by atoms with E-state index >= 15 is 0 Å². The molecule has 0 aliphatic rings. The van der Waals surface area contributed by atoms with E-state index in [1.54, 1.807) is 16.6 Å². The average molecular weight is 333 g/mol. The number of nitrogens with zero attached hydrogens (tertiary/aromatic N) is 5. The summed E-state index contributed by atoms with van der Waals surface area (Å²) in [7, 11) is 1.74. The molecular weight excluding hydrogens is 306 g/mol. The fourth-order valence-electron chi connectivity index (χ4n) is 2.40. The SMILES string of the molecule is CCn1nc(C(C)C)cc1C(=O)N(C)Cc1noc(CC(C)C)n1. The van der Waals surface area contributed by atoms with Gasteiger partial charge in [-0.15, -0.1) is 0 Å². The van der Waals surface area contributed by atoms with Crippen molar-refractivity contribution in [1.82, 2.24) is 24.8 Å². The van der Waals surface area contributed by atoms with Crippen LogP contribution in [0.25, 0.3) is 0 Å². The van der Waals surface area contributed by atoms with Crippen molar-refractivity contribution in [3.63, 3.8) is 0 Å². The molecule has 0 saturated heterocycles. The molecule has 7 nitrogen and oxygen atoms in total. The summed E-state index contributed by atoms with van der Waals surface area (Å²) in [5, 5.41) is 8.45. The monoisotopic (exact) mass is 333 g/mol. The topological polar surface area (TPSA) is 77.0 Å². The summed E-state index contributed by atoms with van der Waals surface area (Å²) < 4.78 is 6.97. The fraction of sp³-hybridized carbons (Fsp3) is 0.647. The van der Waals surface area contributed by atoms with Crippen molar-refractivity contribution >= 4 is 5.91 Å². The number of carbonyl (C=O) groups excluding carboxylic acids is 1. The number of aromatic nitrogens is 4. The molecule has 2 aromatic heterocycles. The van der Waals surface area contributed by atoms with E-state index in [2.05, 4.69) is 42.9 Å². The first kappa shape index (κ1) is 18.2. The van der Waals surface area contributed by atoms with Gasteiger partial charge in [0.15, 0.2) is 5.82 Å². The van der Waals surface area contributed by atoms with Crippen molar-refractivity contribution in [3.05, 3.63) is 29.2 Å². The first-order valence-corrected chi connectivity index (χ1v) is 8.46. The van der Waals surface area contributed by atoms with Crippen molar-refractivity contribution in [2.24, 2.45) is 5.92 Å². The summed E-state index contributed by atoms with van der Waals surface area (Å²) in [5.41, 5.74) is 1.52. The molecule has 0 bridgehead atoms. The molecule has 0 radical (unpaired) electrons. The van der Waals surface area contributed by atoms with Gasteiger partial charge in [0.05, 0.1) is 12.2 Å². The van der Waals surface area contributed by atoms with Crippen LogP contribution in [-0.2, 0) is 19.5 Å². The Balaban J connectivity index is 2.10. The Morgan fingerprint density at radius 3 is 2.62 bits per heavy atom. The smallest absolute Gasteiger partial charge is 0.272 e. The molecule has 0 spiro atoms. The van der Waals surface area contributed by atoms with Crippen LogP contribution >= 0.6 is 0 Å². The molecule has 0 aromatic carbocycles. The number of rotatable bonds is 7.